The minimum absolute atomic E-state index is 0.555. The number of oxazole rings is 1. The first kappa shape index (κ1) is 21.8. The van der Waals surface area contributed by atoms with Crippen LogP contribution in [0.5, 0.6) is 0 Å². The van der Waals surface area contributed by atoms with Crippen molar-refractivity contribution in [3.05, 3.63) is 60.7 Å². The zero-order valence-electron chi connectivity index (χ0n) is 18.4. The lowest BCUT2D eigenvalue weighted by Gasteiger charge is -2.34. The molecule has 0 aliphatic carbocycles. The van der Waals surface area contributed by atoms with Crippen LogP contribution >= 0.6 is 0 Å². The molecule has 1 fully saturated rings. The van der Waals surface area contributed by atoms with Crippen molar-refractivity contribution in [3.63, 3.8) is 0 Å². The van der Waals surface area contributed by atoms with E-state index in [1.54, 1.807) is 25.7 Å². The summed E-state index contributed by atoms with van der Waals surface area (Å²) in [5.74, 6) is 2.22. The maximum absolute atomic E-state index is 5.59. The summed E-state index contributed by atoms with van der Waals surface area (Å²) >= 11 is 0. The molecule has 0 spiro atoms. The summed E-state index contributed by atoms with van der Waals surface area (Å²) < 4.78 is 5.59. The minimum atomic E-state index is 0.555. The maximum Gasteiger partial charge on any atom is 0.226 e. The first-order valence-corrected chi connectivity index (χ1v) is 11.0. The molecule has 1 aliphatic rings. The van der Waals surface area contributed by atoms with Crippen LogP contribution in [0.4, 0.5) is 5.95 Å². The Labute approximate surface area is 188 Å². The van der Waals surface area contributed by atoms with Crippen LogP contribution in [0.25, 0.3) is 11.5 Å². The Morgan fingerprint density at radius 2 is 1.81 bits per heavy atom. The van der Waals surface area contributed by atoms with Crippen molar-refractivity contribution in [2.45, 2.75) is 13.0 Å². The maximum atomic E-state index is 5.59. The third-order valence-corrected chi connectivity index (χ3v) is 5.38. The van der Waals surface area contributed by atoms with Crippen molar-refractivity contribution >= 4 is 11.9 Å². The topological polar surface area (TPSA) is 94.7 Å². The fraction of sp³-hybridized carbons (Fsp3) is 0.391. The van der Waals surface area contributed by atoms with Crippen molar-refractivity contribution in [1.29, 1.82) is 0 Å². The molecule has 168 valence electrons. The first-order chi connectivity index (χ1) is 15.8. The largest absolute Gasteiger partial charge is 0.444 e. The van der Waals surface area contributed by atoms with Gasteiger partial charge in [0.15, 0.2) is 5.96 Å². The summed E-state index contributed by atoms with van der Waals surface area (Å²) in [5.41, 5.74) is 1.81. The second kappa shape index (κ2) is 11.2. The summed E-state index contributed by atoms with van der Waals surface area (Å²) in [6, 6.07) is 11.7. The van der Waals surface area contributed by atoms with Crippen molar-refractivity contribution in [1.82, 2.24) is 30.5 Å². The molecule has 4 rings (SSSR count). The van der Waals surface area contributed by atoms with Crippen LogP contribution in [0.3, 0.4) is 0 Å². The number of nitrogens with one attached hydrogen (secondary N) is 2. The Kier molecular flexibility index (Phi) is 7.64. The number of benzene rings is 1. The molecule has 0 atom stereocenters. The highest BCUT2D eigenvalue weighted by atomic mass is 16.3. The second-order valence-electron chi connectivity index (χ2n) is 7.59. The molecule has 0 radical (unpaired) electrons. The summed E-state index contributed by atoms with van der Waals surface area (Å²) in [6.45, 7) is 6.45. The fourth-order valence-corrected chi connectivity index (χ4v) is 3.63. The van der Waals surface area contributed by atoms with Gasteiger partial charge in [0.2, 0.25) is 11.8 Å². The molecule has 2 N–H and O–H groups in total. The molecule has 3 aromatic rings. The SMILES string of the molecule is CN=C(NCCCN1CCN(c2ncccn2)CC1)NCc1coc(-c2ccccc2)n1. The molecular formula is C23H30N8O. The van der Waals surface area contributed by atoms with Gasteiger partial charge in [-0.3, -0.25) is 9.89 Å². The Morgan fingerprint density at radius 3 is 2.56 bits per heavy atom. The van der Waals surface area contributed by atoms with Gasteiger partial charge < -0.3 is 20.0 Å². The van der Waals surface area contributed by atoms with Gasteiger partial charge in [-0.2, -0.15) is 0 Å². The number of hydrogen-bond acceptors (Lipinski definition) is 7. The molecule has 3 heterocycles. The summed E-state index contributed by atoms with van der Waals surface area (Å²) in [6.07, 6.45) is 6.33. The van der Waals surface area contributed by atoms with Crippen molar-refractivity contribution in [2.75, 3.05) is 51.2 Å². The van der Waals surface area contributed by atoms with Crippen molar-refractivity contribution in [2.24, 2.45) is 4.99 Å². The van der Waals surface area contributed by atoms with E-state index in [0.717, 1.165) is 68.9 Å². The second-order valence-corrected chi connectivity index (χ2v) is 7.59. The van der Waals surface area contributed by atoms with E-state index in [1.807, 2.05) is 36.4 Å². The van der Waals surface area contributed by atoms with E-state index in [-0.39, 0.29) is 0 Å². The number of anilines is 1. The number of aromatic nitrogens is 3. The van der Waals surface area contributed by atoms with E-state index in [4.69, 9.17) is 4.42 Å². The highest BCUT2D eigenvalue weighted by Gasteiger charge is 2.18. The lowest BCUT2D eigenvalue weighted by atomic mass is 10.2. The van der Waals surface area contributed by atoms with Gasteiger partial charge in [0, 0.05) is 57.7 Å². The third-order valence-electron chi connectivity index (χ3n) is 5.38. The van der Waals surface area contributed by atoms with Crippen LogP contribution in [-0.4, -0.2) is 72.1 Å². The molecule has 0 saturated carbocycles. The van der Waals surface area contributed by atoms with Crippen molar-refractivity contribution in [3.8, 4) is 11.5 Å². The average Bonchev–Trinajstić information content (AvgIpc) is 3.34. The molecule has 0 bridgehead atoms. The van der Waals surface area contributed by atoms with Gasteiger partial charge in [0.1, 0.15) is 6.26 Å². The smallest absolute Gasteiger partial charge is 0.226 e. The molecule has 9 heteroatoms. The monoisotopic (exact) mass is 434 g/mol. The molecule has 32 heavy (non-hydrogen) atoms. The zero-order valence-corrected chi connectivity index (χ0v) is 18.4. The Hall–Kier alpha value is -3.46. The normalized spacial score (nSPS) is 15.0. The number of hydrogen-bond donors (Lipinski definition) is 2. The number of aliphatic imine (C=N–C) groups is 1. The standard InChI is InChI=1S/C23H30N8O/c1-24-22(28-17-20-18-32-21(29-20)19-7-3-2-4-8-19)25-11-6-12-30-13-15-31(16-14-30)23-26-9-5-10-27-23/h2-5,7-10,18H,6,11-17H2,1H3,(H2,24,25,28). The highest BCUT2D eigenvalue weighted by Crippen LogP contribution is 2.17. The first-order valence-electron chi connectivity index (χ1n) is 11.0. The molecular weight excluding hydrogens is 404 g/mol. The van der Waals surface area contributed by atoms with Gasteiger partial charge in [-0.05, 0) is 31.2 Å². The predicted molar refractivity (Wildman–Crippen MR) is 125 cm³/mol. The van der Waals surface area contributed by atoms with Crippen LogP contribution < -0.4 is 15.5 Å². The van der Waals surface area contributed by atoms with Gasteiger partial charge in [0.25, 0.3) is 0 Å². The molecule has 0 amide bonds. The molecule has 1 saturated heterocycles. The third kappa shape index (κ3) is 6.04. The van der Waals surface area contributed by atoms with Gasteiger partial charge in [-0.15, -0.1) is 0 Å². The van der Waals surface area contributed by atoms with Crippen LogP contribution in [0.15, 0.2) is 64.5 Å². The van der Waals surface area contributed by atoms with Crippen LogP contribution in [0, 0.1) is 0 Å². The summed E-state index contributed by atoms with van der Waals surface area (Å²) in [4.78, 5) is 22.3. The van der Waals surface area contributed by atoms with E-state index >= 15 is 0 Å². The van der Waals surface area contributed by atoms with E-state index in [1.165, 1.54) is 0 Å². The molecule has 1 aromatic carbocycles. The van der Waals surface area contributed by atoms with Gasteiger partial charge in [-0.1, -0.05) is 18.2 Å². The highest BCUT2D eigenvalue weighted by molar-refractivity contribution is 5.79. The quantitative estimate of drug-likeness (QED) is 0.316. The van der Waals surface area contributed by atoms with Gasteiger partial charge in [0.05, 0.1) is 12.2 Å². The Morgan fingerprint density at radius 1 is 1.03 bits per heavy atom. The van der Waals surface area contributed by atoms with E-state index < -0.39 is 0 Å². The fourth-order valence-electron chi connectivity index (χ4n) is 3.63. The van der Waals surface area contributed by atoms with Crippen LogP contribution in [0.2, 0.25) is 0 Å². The molecule has 0 unspecified atom stereocenters. The lowest BCUT2D eigenvalue weighted by Crippen LogP contribution is -2.47. The number of piperazine rings is 1. The molecule has 2 aromatic heterocycles. The number of rotatable bonds is 8. The predicted octanol–water partition coefficient (Wildman–Crippen LogP) is 2.01. The summed E-state index contributed by atoms with van der Waals surface area (Å²) in [7, 11) is 1.78. The minimum Gasteiger partial charge on any atom is -0.444 e. The summed E-state index contributed by atoms with van der Waals surface area (Å²) in [5, 5.41) is 6.67. The Bertz CT molecular complexity index is 968. The molecule has 9 nitrogen and oxygen atoms in total. The van der Waals surface area contributed by atoms with Crippen molar-refractivity contribution < 1.29 is 4.42 Å². The average molecular weight is 435 g/mol. The van der Waals surface area contributed by atoms with Gasteiger partial charge in [-0.25, -0.2) is 15.0 Å². The number of nitrogens with zero attached hydrogens (tertiary/aromatic N) is 6. The van der Waals surface area contributed by atoms with E-state index in [9.17, 15) is 0 Å². The Balaban J connectivity index is 1.13. The van der Waals surface area contributed by atoms with Gasteiger partial charge >= 0.3 is 0 Å². The molecule has 1 aliphatic heterocycles. The van der Waals surface area contributed by atoms with Crippen LogP contribution in [-0.2, 0) is 6.54 Å². The zero-order chi connectivity index (χ0) is 22.0. The van der Waals surface area contributed by atoms with Crippen LogP contribution in [0.1, 0.15) is 12.1 Å². The number of guanidine groups is 1. The lowest BCUT2D eigenvalue weighted by molar-refractivity contribution is 0.254. The van der Waals surface area contributed by atoms with E-state index in [2.05, 4.69) is 40.4 Å². The van der Waals surface area contributed by atoms with E-state index in [0.29, 0.717) is 12.4 Å².